The number of nitrogens with zero attached hydrogens (tertiary/aromatic N) is 3. The van der Waals surface area contributed by atoms with E-state index in [9.17, 15) is 14.4 Å². The summed E-state index contributed by atoms with van der Waals surface area (Å²) in [4.78, 5) is 37.7. The zero-order valence-electron chi connectivity index (χ0n) is 12.9. The highest BCUT2D eigenvalue weighted by molar-refractivity contribution is 5.77. The van der Waals surface area contributed by atoms with Crippen LogP contribution in [0.2, 0.25) is 0 Å². The largest absolute Gasteiger partial charge is 0.469 e. The van der Waals surface area contributed by atoms with Crippen LogP contribution in [0, 0.1) is 17.8 Å². The van der Waals surface area contributed by atoms with E-state index in [0.717, 1.165) is 0 Å². The first-order chi connectivity index (χ1) is 11.6. The summed E-state index contributed by atoms with van der Waals surface area (Å²) >= 11 is 0. The third kappa shape index (κ3) is 1.45. The van der Waals surface area contributed by atoms with Crippen LogP contribution in [0.15, 0.2) is 52.1 Å². The molecule has 122 valence electrons. The molecule has 0 spiro atoms. The Morgan fingerprint density at radius 3 is 2.00 bits per heavy atom. The molecule has 5 atom stereocenters. The van der Waals surface area contributed by atoms with Crippen LogP contribution >= 0.6 is 0 Å². The molecule has 1 saturated carbocycles. The first-order valence-corrected chi connectivity index (χ1v) is 7.93. The van der Waals surface area contributed by atoms with E-state index >= 15 is 0 Å². The lowest BCUT2D eigenvalue weighted by atomic mass is 9.96. The van der Waals surface area contributed by atoms with Gasteiger partial charge in [-0.1, -0.05) is 30.4 Å². The third-order valence-electron chi connectivity index (χ3n) is 5.49. The van der Waals surface area contributed by atoms with Gasteiger partial charge in [0.15, 0.2) is 0 Å². The predicted molar refractivity (Wildman–Crippen MR) is 84.0 cm³/mol. The molecule has 6 rings (SSSR count). The van der Waals surface area contributed by atoms with Crippen molar-refractivity contribution in [3.63, 3.8) is 0 Å². The van der Waals surface area contributed by atoms with E-state index in [1.807, 2.05) is 18.2 Å². The predicted octanol–water partition coefficient (Wildman–Crippen LogP) is 0.501. The highest BCUT2D eigenvalue weighted by atomic mass is 16.5. The molecule has 0 amide bonds. The van der Waals surface area contributed by atoms with Crippen molar-refractivity contribution in [2.75, 3.05) is 7.11 Å². The Kier molecular flexibility index (Phi) is 2.48. The number of carbonyl (C=O) groups excluding carboxylic acids is 1. The summed E-state index contributed by atoms with van der Waals surface area (Å²) in [5.41, 5.74) is -0.168. The van der Waals surface area contributed by atoms with Crippen molar-refractivity contribution >= 4 is 5.97 Å². The Bertz CT molecular complexity index is 946. The molecule has 0 N–H and O–H groups in total. The number of para-hydroxylation sites is 1. The number of carbonyl (C=O) groups is 1. The van der Waals surface area contributed by atoms with E-state index in [0.29, 0.717) is 5.69 Å². The molecule has 1 aromatic heterocycles. The monoisotopic (exact) mass is 325 g/mol. The van der Waals surface area contributed by atoms with Gasteiger partial charge >= 0.3 is 17.3 Å². The topological polar surface area (TPSA) is 75.2 Å². The summed E-state index contributed by atoms with van der Waals surface area (Å²) < 4.78 is 9.08. The molecule has 3 heterocycles. The molecule has 7 nitrogen and oxygen atoms in total. The van der Waals surface area contributed by atoms with Crippen LogP contribution in [0.1, 0.15) is 12.1 Å². The van der Waals surface area contributed by atoms with E-state index in [1.165, 1.54) is 21.0 Å². The van der Waals surface area contributed by atoms with Crippen LogP contribution < -0.4 is 11.4 Å². The van der Waals surface area contributed by atoms with E-state index in [4.69, 9.17) is 4.74 Å². The molecule has 1 fully saturated rings. The minimum absolute atomic E-state index is 0.0381. The number of aromatic nitrogens is 3. The lowest BCUT2D eigenvalue weighted by Gasteiger charge is -2.32. The molecule has 2 aliphatic heterocycles. The normalized spacial score (nSPS) is 31.5. The number of hydrogen-bond acceptors (Lipinski definition) is 4. The molecule has 1 aromatic carbocycles. The molecule has 0 saturated heterocycles. The van der Waals surface area contributed by atoms with Gasteiger partial charge in [-0.25, -0.2) is 23.5 Å². The van der Waals surface area contributed by atoms with E-state index in [-0.39, 0.29) is 47.2 Å². The van der Waals surface area contributed by atoms with Crippen molar-refractivity contribution in [2.45, 2.75) is 12.1 Å². The van der Waals surface area contributed by atoms with Crippen molar-refractivity contribution in [2.24, 2.45) is 17.8 Å². The molecule has 2 aliphatic carbocycles. The summed E-state index contributed by atoms with van der Waals surface area (Å²) in [5.74, 6) is -0.422. The molecule has 2 aromatic rings. The maximum atomic E-state index is 12.9. The summed E-state index contributed by atoms with van der Waals surface area (Å²) in [6.07, 6.45) is 3.87. The average molecular weight is 325 g/mol. The lowest BCUT2D eigenvalue weighted by molar-refractivity contribution is -0.142. The number of hydrogen-bond donors (Lipinski definition) is 0. The molecule has 24 heavy (non-hydrogen) atoms. The average Bonchev–Trinajstić information content (AvgIpc) is 3.33. The standard InChI is InChI=1S/C17H15N3O4/c1-24-15(21)14-12-10-7-8-11(13(12)14)20-17(23)18(16(22)19(10)20)9-5-3-2-4-6-9/h2-8,10-14H,1H3/t10-,11-,12-,13+,14?/m0/s1. The number of rotatable bonds is 2. The van der Waals surface area contributed by atoms with E-state index in [2.05, 4.69) is 0 Å². The smallest absolute Gasteiger partial charge is 0.352 e. The summed E-state index contributed by atoms with van der Waals surface area (Å²) in [6.45, 7) is 0. The van der Waals surface area contributed by atoms with E-state index < -0.39 is 0 Å². The Balaban J connectivity index is 1.69. The van der Waals surface area contributed by atoms with Gasteiger partial charge in [0.1, 0.15) is 0 Å². The Labute approximate surface area is 136 Å². The first-order valence-electron chi connectivity index (χ1n) is 7.93. The minimum atomic E-state index is -0.362. The highest BCUT2D eigenvalue weighted by Crippen LogP contribution is 2.63. The Hall–Kier alpha value is -2.83. The van der Waals surface area contributed by atoms with Crippen LogP contribution in [0.4, 0.5) is 0 Å². The molecule has 7 heteroatoms. The maximum absolute atomic E-state index is 12.9. The van der Waals surface area contributed by atoms with Gasteiger partial charge in [-0.3, -0.25) is 4.79 Å². The number of esters is 1. The molecule has 2 bridgehead atoms. The van der Waals surface area contributed by atoms with Gasteiger partial charge in [0.25, 0.3) is 0 Å². The highest BCUT2D eigenvalue weighted by Gasteiger charge is 2.67. The number of allylic oxidation sites excluding steroid dienone is 2. The van der Waals surface area contributed by atoms with Gasteiger partial charge in [-0.05, 0) is 12.1 Å². The van der Waals surface area contributed by atoms with Crippen LogP contribution in [-0.2, 0) is 9.53 Å². The van der Waals surface area contributed by atoms with Crippen molar-refractivity contribution < 1.29 is 9.53 Å². The van der Waals surface area contributed by atoms with Crippen LogP contribution in [0.25, 0.3) is 5.69 Å². The van der Waals surface area contributed by atoms with Crippen molar-refractivity contribution in [3.05, 3.63) is 63.5 Å². The Morgan fingerprint density at radius 1 is 0.958 bits per heavy atom. The quantitative estimate of drug-likeness (QED) is 0.595. The van der Waals surface area contributed by atoms with Gasteiger partial charge in [0.2, 0.25) is 0 Å². The second kappa shape index (κ2) is 4.37. The molecular formula is C17H15N3O4. The lowest BCUT2D eigenvalue weighted by Crippen LogP contribution is -2.40. The fraction of sp³-hybridized carbons (Fsp3) is 0.353. The SMILES string of the molecule is COC(=O)C1[C@@H]2[C@H]1[C@@H]1C=C[C@@H]2n2c(=O)n(-c3ccccc3)c(=O)n21. The van der Waals surface area contributed by atoms with Gasteiger partial charge in [-0.2, -0.15) is 0 Å². The fourth-order valence-electron chi connectivity index (χ4n) is 4.47. The van der Waals surface area contributed by atoms with Crippen LogP contribution in [0.5, 0.6) is 0 Å². The zero-order valence-corrected chi connectivity index (χ0v) is 12.9. The van der Waals surface area contributed by atoms with Gasteiger partial charge in [-0.15, -0.1) is 0 Å². The Morgan fingerprint density at radius 2 is 1.50 bits per heavy atom. The fourth-order valence-corrected chi connectivity index (χ4v) is 4.47. The van der Waals surface area contributed by atoms with E-state index in [1.54, 1.807) is 24.3 Å². The summed E-state index contributed by atoms with van der Waals surface area (Å²) in [7, 11) is 1.37. The van der Waals surface area contributed by atoms with Gasteiger partial charge < -0.3 is 4.74 Å². The van der Waals surface area contributed by atoms with Crippen LogP contribution in [-0.4, -0.2) is 27.0 Å². The zero-order chi connectivity index (χ0) is 16.6. The van der Waals surface area contributed by atoms with Crippen molar-refractivity contribution in [1.29, 1.82) is 0 Å². The first kappa shape index (κ1) is 13.6. The van der Waals surface area contributed by atoms with Crippen LogP contribution in [0.3, 0.4) is 0 Å². The van der Waals surface area contributed by atoms with Crippen molar-refractivity contribution in [1.82, 2.24) is 13.9 Å². The molecular weight excluding hydrogens is 310 g/mol. The number of ether oxygens (including phenoxy) is 1. The maximum Gasteiger partial charge on any atom is 0.352 e. The summed E-state index contributed by atoms with van der Waals surface area (Å²) in [5, 5.41) is 0. The molecule has 0 radical (unpaired) electrons. The second-order valence-electron chi connectivity index (χ2n) is 6.49. The molecule has 4 aliphatic rings. The van der Waals surface area contributed by atoms with Gasteiger partial charge in [0.05, 0.1) is 30.8 Å². The number of methoxy groups -OCH3 is 1. The summed E-state index contributed by atoms with van der Waals surface area (Å²) in [6, 6.07) is 8.36. The third-order valence-corrected chi connectivity index (χ3v) is 5.49. The molecule has 1 unspecified atom stereocenters. The number of benzene rings is 1. The van der Waals surface area contributed by atoms with Crippen molar-refractivity contribution in [3.8, 4) is 5.69 Å². The minimum Gasteiger partial charge on any atom is -0.469 e. The second-order valence-corrected chi connectivity index (χ2v) is 6.49. The van der Waals surface area contributed by atoms with Gasteiger partial charge in [0, 0.05) is 11.8 Å².